The number of nitrogens with zero attached hydrogens (tertiary/aromatic N) is 3. The molecular formula is C28H30F3N7O. The molecule has 0 fully saturated rings. The van der Waals surface area contributed by atoms with Crippen molar-refractivity contribution < 1.29 is 18.0 Å². The summed E-state index contributed by atoms with van der Waals surface area (Å²) in [4.78, 5) is 13.0. The highest BCUT2D eigenvalue weighted by atomic mass is 19.4. The predicted octanol–water partition coefficient (Wildman–Crippen LogP) is 7.27. The Morgan fingerprint density at radius 2 is 1.67 bits per heavy atom. The molecule has 3 aromatic carbocycles. The van der Waals surface area contributed by atoms with Crippen LogP contribution < -0.4 is 16.0 Å². The quantitative estimate of drug-likeness (QED) is 0.180. The molecule has 39 heavy (non-hydrogen) atoms. The topological polar surface area (TPSA) is 108 Å². The molecule has 0 aliphatic rings. The first-order valence-corrected chi connectivity index (χ1v) is 12.5. The van der Waals surface area contributed by atoms with Crippen LogP contribution in [0.2, 0.25) is 0 Å². The Morgan fingerprint density at radius 3 is 2.31 bits per heavy atom. The highest BCUT2D eigenvalue weighted by molar-refractivity contribution is 6.02. The van der Waals surface area contributed by atoms with E-state index in [2.05, 4.69) is 36.6 Å². The summed E-state index contributed by atoms with van der Waals surface area (Å²) in [6, 6.07) is 18.5. The van der Waals surface area contributed by atoms with Crippen LogP contribution >= 0.6 is 0 Å². The van der Waals surface area contributed by atoms with Crippen molar-refractivity contribution in [2.24, 2.45) is 5.92 Å². The molecule has 0 bridgehead atoms. The number of hydrogen-bond donors (Lipinski definition) is 4. The normalized spacial score (nSPS) is 12.3. The number of benzene rings is 3. The molecule has 8 nitrogen and oxygen atoms in total. The average molecular weight is 538 g/mol. The van der Waals surface area contributed by atoms with Gasteiger partial charge in [0.2, 0.25) is 5.82 Å². The minimum absolute atomic E-state index is 0.0344. The van der Waals surface area contributed by atoms with E-state index >= 15 is 0 Å². The minimum atomic E-state index is -4.34. The third-order valence-corrected chi connectivity index (χ3v) is 5.99. The molecule has 1 unspecified atom stereocenters. The van der Waals surface area contributed by atoms with E-state index in [0.717, 1.165) is 11.1 Å². The Hall–Kier alpha value is -4.41. The lowest BCUT2D eigenvalue weighted by Crippen LogP contribution is -2.29. The zero-order chi connectivity index (χ0) is 28.0. The van der Waals surface area contributed by atoms with Gasteiger partial charge in [0, 0.05) is 17.3 Å². The van der Waals surface area contributed by atoms with Gasteiger partial charge in [-0.3, -0.25) is 0 Å². The smallest absolute Gasteiger partial charge is 0.380 e. The lowest BCUT2D eigenvalue weighted by atomic mass is 9.97. The second-order valence-electron chi connectivity index (χ2n) is 9.78. The van der Waals surface area contributed by atoms with E-state index in [9.17, 15) is 18.0 Å². The van der Waals surface area contributed by atoms with E-state index in [4.69, 9.17) is 0 Å². The van der Waals surface area contributed by atoms with Crippen LogP contribution in [0.5, 0.6) is 0 Å². The lowest BCUT2D eigenvalue weighted by Gasteiger charge is -2.25. The summed E-state index contributed by atoms with van der Waals surface area (Å²) in [5.74, 6) is 0.425. The van der Waals surface area contributed by atoms with Gasteiger partial charge in [-0.2, -0.15) is 18.4 Å². The number of anilines is 3. The molecule has 4 N–H and O–H groups in total. The third kappa shape index (κ3) is 7.79. The largest absolute Gasteiger partial charge is 0.391 e. The van der Waals surface area contributed by atoms with E-state index in [-0.39, 0.29) is 5.92 Å². The Morgan fingerprint density at radius 1 is 0.949 bits per heavy atom. The van der Waals surface area contributed by atoms with Gasteiger partial charge in [-0.1, -0.05) is 61.9 Å². The van der Waals surface area contributed by atoms with Gasteiger partial charge in [0.15, 0.2) is 0 Å². The number of aromatic nitrogens is 4. The van der Waals surface area contributed by atoms with Gasteiger partial charge in [-0.25, -0.2) is 4.79 Å². The minimum Gasteiger partial charge on any atom is -0.380 e. The zero-order valence-corrected chi connectivity index (χ0v) is 21.8. The second kappa shape index (κ2) is 12.0. The lowest BCUT2D eigenvalue weighted by molar-refractivity contribution is -0.137. The number of carbonyl (C=O) groups is 1. The Balaban J connectivity index is 1.70. The van der Waals surface area contributed by atoms with Crippen LogP contribution in [0.25, 0.3) is 22.5 Å². The first kappa shape index (κ1) is 27.6. The molecule has 11 heteroatoms. The number of urea groups is 1. The zero-order valence-electron chi connectivity index (χ0n) is 21.8. The van der Waals surface area contributed by atoms with E-state index < -0.39 is 24.7 Å². The van der Waals surface area contributed by atoms with Gasteiger partial charge in [0.25, 0.3) is 0 Å². The number of hydrogen-bond acceptors (Lipinski definition) is 5. The fraction of sp³-hybridized carbons (Fsp3) is 0.286. The third-order valence-electron chi connectivity index (χ3n) is 5.99. The molecule has 0 spiro atoms. The van der Waals surface area contributed by atoms with Crippen LogP contribution in [0.15, 0.2) is 66.7 Å². The van der Waals surface area contributed by atoms with Crippen LogP contribution in [-0.4, -0.2) is 38.9 Å². The first-order valence-electron chi connectivity index (χ1n) is 12.5. The molecule has 4 aromatic rings. The fourth-order valence-corrected chi connectivity index (χ4v) is 4.33. The molecule has 1 atom stereocenters. The van der Waals surface area contributed by atoms with E-state index in [1.165, 1.54) is 0 Å². The molecule has 4 rings (SSSR count). The first-order chi connectivity index (χ1) is 18.6. The van der Waals surface area contributed by atoms with E-state index in [0.29, 0.717) is 40.4 Å². The number of nitrogens with one attached hydrogen (secondary N) is 4. The summed E-state index contributed by atoms with van der Waals surface area (Å²) >= 11 is 0. The number of rotatable bonds is 9. The Bertz CT molecular complexity index is 1390. The fourth-order valence-electron chi connectivity index (χ4n) is 4.33. The molecule has 1 aromatic heterocycles. The molecule has 0 saturated heterocycles. The maximum Gasteiger partial charge on any atom is 0.391 e. The van der Waals surface area contributed by atoms with Gasteiger partial charge < -0.3 is 16.0 Å². The summed E-state index contributed by atoms with van der Waals surface area (Å²) in [7, 11) is 0. The van der Waals surface area contributed by atoms with Crippen LogP contribution in [-0.2, 0) is 0 Å². The summed E-state index contributed by atoms with van der Waals surface area (Å²) in [5.41, 5.74) is 4.52. The number of tetrazole rings is 1. The van der Waals surface area contributed by atoms with Crippen molar-refractivity contribution >= 4 is 23.1 Å². The number of aromatic amines is 1. The van der Waals surface area contributed by atoms with Crippen molar-refractivity contribution in [3.8, 4) is 22.5 Å². The summed E-state index contributed by atoms with van der Waals surface area (Å²) in [6.45, 7) is 5.68. The SMILES string of the molecule is Cc1ccc(NC(=O)Nc2cc(-c3ccccc3-c3nn[nH]n3)ccc2NC(CC(C)C)CC(F)(F)F)cc1. The molecule has 0 radical (unpaired) electrons. The van der Waals surface area contributed by atoms with Crippen LogP contribution in [0, 0.1) is 12.8 Å². The maximum atomic E-state index is 13.4. The Labute approximate surface area is 224 Å². The van der Waals surface area contributed by atoms with Crippen LogP contribution in [0.1, 0.15) is 32.3 Å². The number of halogens is 3. The van der Waals surface area contributed by atoms with Gasteiger partial charge in [0.05, 0.1) is 17.8 Å². The molecule has 0 saturated carbocycles. The highest BCUT2D eigenvalue weighted by Gasteiger charge is 2.32. The number of H-pyrrole nitrogens is 1. The summed E-state index contributed by atoms with van der Waals surface area (Å²) in [6.07, 6.45) is -5.04. The van der Waals surface area contributed by atoms with Crippen molar-refractivity contribution in [1.29, 1.82) is 0 Å². The summed E-state index contributed by atoms with van der Waals surface area (Å²) in [5, 5.41) is 22.8. The molecule has 2 amide bonds. The molecular weight excluding hydrogens is 507 g/mol. The van der Waals surface area contributed by atoms with E-state index in [1.807, 2.05) is 57.2 Å². The standard InChI is InChI=1S/C28H30F3N7O/c1-17(2)14-21(16-28(29,30)31)32-24-13-10-19(22-6-4-5-7-23(22)26-35-37-38-36-26)15-25(24)34-27(39)33-20-11-8-18(3)9-12-20/h4-13,15,17,21,32H,14,16H2,1-3H3,(H2,33,34,39)(H,35,36,37,38). The molecule has 1 heterocycles. The molecule has 0 aliphatic heterocycles. The van der Waals surface area contributed by atoms with Crippen LogP contribution in [0.4, 0.5) is 35.0 Å². The number of carbonyl (C=O) groups excluding carboxylic acids is 1. The number of alkyl halides is 3. The second-order valence-corrected chi connectivity index (χ2v) is 9.78. The van der Waals surface area contributed by atoms with Gasteiger partial charge in [0.1, 0.15) is 0 Å². The van der Waals surface area contributed by atoms with Gasteiger partial charge in [-0.05, 0) is 59.9 Å². The van der Waals surface area contributed by atoms with Gasteiger partial charge in [-0.15, -0.1) is 10.2 Å². The molecule has 0 aliphatic carbocycles. The van der Waals surface area contributed by atoms with Crippen molar-refractivity contribution in [3.05, 3.63) is 72.3 Å². The van der Waals surface area contributed by atoms with Crippen molar-refractivity contribution in [1.82, 2.24) is 20.6 Å². The van der Waals surface area contributed by atoms with Crippen molar-refractivity contribution in [2.75, 3.05) is 16.0 Å². The number of aryl methyl sites for hydroxylation is 1. The van der Waals surface area contributed by atoms with E-state index in [1.54, 1.807) is 30.3 Å². The Kier molecular flexibility index (Phi) is 8.48. The monoisotopic (exact) mass is 537 g/mol. The van der Waals surface area contributed by atoms with Crippen LogP contribution in [0.3, 0.4) is 0 Å². The maximum absolute atomic E-state index is 13.4. The van der Waals surface area contributed by atoms with Gasteiger partial charge >= 0.3 is 12.2 Å². The van der Waals surface area contributed by atoms with Crippen molar-refractivity contribution in [2.45, 2.75) is 45.8 Å². The number of amides is 2. The average Bonchev–Trinajstić information content (AvgIpc) is 3.40. The molecule has 204 valence electrons. The van der Waals surface area contributed by atoms with Crippen molar-refractivity contribution in [3.63, 3.8) is 0 Å². The summed E-state index contributed by atoms with van der Waals surface area (Å²) < 4.78 is 40.1. The highest BCUT2D eigenvalue weighted by Crippen LogP contribution is 2.36. The predicted molar refractivity (Wildman–Crippen MR) is 146 cm³/mol.